The molecule has 0 saturated carbocycles. The van der Waals surface area contributed by atoms with Crippen molar-refractivity contribution in [3.05, 3.63) is 0 Å². The van der Waals surface area contributed by atoms with E-state index in [9.17, 15) is 0 Å². The Kier molecular flexibility index (Phi) is 9.23. The first kappa shape index (κ1) is 13.8. The van der Waals surface area contributed by atoms with Gasteiger partial charge in [-0.05, 0) is 5.92 Å². The summed E-state index contributed by atoms with van der Waals surface area (Å²) in [6.07, 6.45) is 0. The van der Waals surface area contributed by atoms with Crippen LogP contribution in [0.5, 0.6) is 0 Å². The highest BCUT2D eigenvalue weighted by molar-refractivity contribution is 4.49. The minimum absolute atomic E-state index is 0.120. The van der Waals surface area contributed by atoms with E-state index in [-0.39, 0.29) is 13.5 Å². The summed E-state index contributed by atoms with van der Waals surface area (Å²) in [6, 6.07) is 0. The van der Waals surface area contributed by atoms with Crippen LogP contribution in [0.15, 0.2) is 0 Å². The van der Waals surface area contributed by atoms with Crippen LogP contribution in [0.2, 0.25) is 0 Å². The molecule has 0 aliphatic carbocycles. The van der Waals surface area contributed by atoms with Crippen molar-refractivity contribution in [2.45, 2.75) is 13.8 Å². The lowest BCUT2D eigenvalue weighted by Gasteiger charge is -2.16. The van der Waals surface area contributed by atoms with Gasteiger partial charge in [0.2, 0.25) is 0 Å². The van der Waals surface area contributed by atoms with Crippen molar-refractivity contribution in [2.75, 3.05) is 39.9 Å². The van der Waals surface area contributed by atoms with Crippen LogP contribution in [0.4, 0.5) is 0 Å². The third-order valence-corrected chi connectivity index (χ3v) is 1.66. The van der Waals surface area contributed by atoms with Crippen LogP contribution in [-0.4, -0.2) is 55.0 Å². The molecule has 0 rings (SSSR count). The van der Waals surface area contributed by atoms with Gasteiger partial charge >= 0.3 is 0 Å². The largest absolute Gasteiger partial charge is 0.381 e. The lowest BCUT2D eigenvalue weighted by molar-refractivity contribution is 0.0267. The van der Waals surface area contributed by atoms with Crippen LogP contribution in [0, 0.1) is 5.92 Å². The van der Waals surface area contributed by atoms with Crippen LogP contribution in [-0.2, 0) is 4.74 Å². The summed E-state index contributed by atoms with van der Waals surface area (Å²) in [5.41, 5.74) is 0. The van der Waals surface area contributed by atoms with E-state index in [1.165, 1.54) is 4.90 Å². The number of rotatable bonds is 9. The van der Waals surface area contributed by atoms with E-state index in [4.69, 9.17) is 14.9 Å². The molecule has 0 aromatic rings. The number of aliphatic hydroxyl groups excluding tert-OH is 2. The molecule has 86 valence electrons. The summed E-state index contributed by atoms with van der Waals surface area (Å²) in [4.78, 5) is 1.51. The Morgan fingerprint density at radius 2 is 1.93 bits per heavy atom. The molecule has 0 unspecified atom stereocenters. The normalized spacial score (nSPS) is 11.6. The van der Waals surface area contributed by atoms with Gasteiger partial charge in [0.15, 0.2) is 0 Å². The molecule has 0 atom stereocenters. The quantitative estimate of drug-likeness (QED) is 0.347. The summed E-state index contributed by atoms with van der Waals surface area (Å²) < 4.78 is 5.29. The van der Waals surface area contributed by atoms with Crippen molar-refractivity contribution in [3.63, 3.8) is 0 Å². The van der Waals surface area contributed by atoms with E-state index in [0.717, 1.165) is 6.61 Å². The second-order valence-electron chi connectivity index (χ2n) is 3.59. The van der Waals surface area contributed by atoms with Crippen LogP contribution in [0.3, 0.4) is 0 Å². The van der Waals surface area contributed by atoms with Gasteiger partial charge in [0.05, 0.1) is 26.8 Å². The molecule has 0 aliphatic rings. The average Bonchev–Trinajstić information content (AvgIpc) is 2.16. The second kappa shape index (κ2) is 9.36. The molecule has 0 aromatic carbocycles. The van der Waals surface area contributed by atoms with Gasteiger partial charge in [-0.1, -0.05) is 13.8 Å². The number of nitrogens with one attached hydrogen (secondary N) is 1. The molecule has 0 bridgehead atoms. The van der Waals surface area contributed by atoms with Gasteiger partial charge in [-0.3, -0.25) is 10.2 Å². The van der Waals surface area contributed by atoms with Gasteiger partial charge < -0.3 is 14.9 Å². The molecule has 0 saturated heterocycles. The Hall–Kier alpha value is -0.200. The Morgan fingerprint density at radius 3 is 2.43 bits per heavy atom. The summed E-state index contributed by atoms with van der Waals surface area (Å²) in [6.45, 7) is 6.52. The molecule has 0 aliphatic heterocycles. The maximum Gasteiger partial charge on any atom is 0.0974 e. The van der Waals surface area contributed by atoms with Gasteiger partial charge in [-0.15, -0.1) is 0 Å². The second-order valence-corrected chi connectivity index (χ2v) is 3.59. The highest BCUT2D eigenvalue weighted by Crippen LogP contribution is 1.90. The zero-order chi connectivity index (χ0) is 10.8. The molecule has 3 N–H and O–H groups in total. The van der Waals surface area contributed by atoms with Gasteiger partial charge in [-0.25, -0.2) is 0 Å². The van der Waals surface area contributed by atoms with E-state index >= 15 is 0 Å². The highest BCUT2D eigenvalue weighted by atomic mass is 16.5. The summed E-state index contributed by atoms with van der Waals surface area (Å²) in [7, 11) is 0. The van der Waals surface area contributed by atoms with Gasteiger partial charge in [0, 0.05) is 13.1 Å². The first-order valence-corrected chi connectivity index (χ1v) is 4.93. The Bertz CT molecular complexity index is 119. The number of aliphatic hydroxyl groups is 2. The number of nitrogens with zero attached hydrogens (tertiary/aromatic N) is 1. The predicted octanol–water partition coefficient (Wildman–Crippen LogP) is -0.592. The minimum Gasteiger partial charge on any atom is -0.381 e. The molecular formula is C9H22N2O3. The summed E-state index contributed by atoms with van der Waals surface area (Å²) in [5, 5.41) is 20.5. The fraction of sp³-hybridized carbons (Fsp3) is 1.00. The third kappa shape index (κ3) is 8.40. The first-order chi connectivity index (χ1) is 6.70. The zero-order valence-electron chi connectivity index (χ0n) is 9.07. The van der Waals surface area contributed by atoms with Gasteiger partial charge in [0.1, 0.15) is 0 Å². The molecule has 0 fully saturated rings. The zero-order valence-corrected chi connectivity index (χ0v) is 9.07. The van der Waals surface area contributed by atoms with E-state index in [1.807, 2.05) is 0 Å². The number of hydrogen-bond acceptors (Lipinski definition) is 5. The molecule has 14 heavy (non-hydrogen) atoms. The smallest absolute Gasteiger partial charge is 0.0974 e. The lowest BCUT2D eigenvalue weighted by atomic mass is 10.2. The Morgan fingerprint density at radius 1 is 1.29 bits per heavy atom. The van der Waals surface area contributed by atoms with E-state index in [1.54, 1.807) is 0 Å². The maximum atomic E-state index is 8.71. The number of ether oxygens (including phenoxy) is 1. The van der Waals surface area contributed by atoms with Crippen molar-refractivity contribution in [2.24, 2.45) is 5.92 Å². The monoisotopic (exact) mass is 206 g/mol. The third-order valence-electron chi connectivity index (χ3n) is 1.66. The molecule has 5 heteroatoms. The molecule has 0 heterocycles. The lowest BCUT2D eigenvalue weighted by Crippen LogP contribution is -2.34. The van der Waals surface area contributed by atoms with Crippen molar-refractivity contribution in [1.29, 1.82) is 0 Å². The van der Waals surface area contributed by atoms with Gasteiger partial charge in [0.25, 0.3) is 0 Å². The topological polar surface area (TPSA) is 65.0 Å². The van der Waals surface area contributed by atoms with Crippen molar-refractivity contribution >= 4 is 0 Å². The predicted molar refractivity (Wildman–Crippen MR) is 54.5 cm³/mol. The summed E-state index contributed by atoms with van der Waals surface area (Å²) in [5.74, 6) is 0.545. The molecule has 0 amide bonds. The first-order valence-electron chi connectivity index (χ1n) is 4.93. The van der Waals surface area contributed by atoms with E-state index in [0.29, 0.717) is 25.7 Å². The van der Waals surface area contributed by atoms with Gasteiger partial charge in [-0.2, -0.15) is 0 Å². The SMILES string of the molecule is CC(C)COCNCCN(CO)CO. The summed E-state index contributed by atoms with van der Waals surface area (Å²) >= 11 is 0. The maximum absolute atomic E-state index is 8.71. The van der Waals surface area contributed by atoms with Crippen molar-refractivity contribution < 1.29 is 14.9 Å². The molecule has 0 spiro atoms. The molecule has 5 nitrogen and oxygen atoms in total. The minimum atomic E-state index is -0.120. The number of hydrogen-bond donors (Lipinski definition) is 3. The molecule has 0 radical (unpaired) electrons. The van der Waals surface area contributed by atoms with Crippen LogP contribution < -0.4 is 5.32 Å². The fourth-order valence-corrected chi connectivity index (χ4v) is 0.862. The fourth-order valence-electron chi connectivity index (χ4n) is 0.862. The van der Waals surface area contributed by atoms with E-state index < -0.39 is 0 Å². The van der Waals surface area contributed by atoms with Crippen molar-refractivity contribution in [3.8, 4) is 0 Å². The highest BCUT2D eigenvalue weighted by Gasteiger charge is 1.99. The van der Waals surface area contributed by atoms with Crippen LogP contribution >= 0.6 is 0 Å². The Labute approximate surface area is 85.7 Å². The molecule has 0 aromatic heterocycles. The van der Waals surface area contributed by atoms with E-state index in [2.05, 4.69) is 19.2 Å². The van der Waals surface area contributed by atoms with Crippen LogP contribution in [0.25, 0.3) is 0 Å². The van der Waals surface area contributed by atoms with Crippen LogP contribution in [0.1, 0.15) is 13.8 Å². The van der Waals surface area contributed by atoms with Crippen molar-refractivity contribution in [1.82, 2.24) is 10.2 Å². The average molecular weight is 206 g/mol. The Balaban J connectivity index is 3.12. The standard InChI is InChI=1S/C9H22N2O3/c1-9(2)5-14-6-10-3-4-11(7-12)8-13/h9-10,12-13H,3-8H2,1-2H3. The molecular weight excluding hydrogens is 184 g/mol.